The quantitative estimate of drug-likeness (QED) is 0.738. The Morgan fingerprint density at radius 1 is 1.35 bits per heavy atom. The molecule has 1 heterocycles. The van der Waals surface area contributed by atoms with Crippen LogP contribution < -0.4 is 9.47 Å². The van der Waals surface area contributed by atoms with E-state index in [1.807, 2.05) is 19.9 Å². The molecular formula is C13H16O4. The van der Waals surface area contributed by atoms with Crippen LogP contribution in [0.1, 0.15) is 28.4 Å². The first kappa shape index (κ1) is 11.8. The molecule has 2 rings (SSSR count). The van der Waals surface area contributed by atoms with Crippen molar-refractivity contribution in [2.75, 3.05) is 14.2 Å². The van der Waals surface area contributed by atoms with Crippen molar-refractivity contribution >= 4 is 5.97 Å². The van der Waals surface area contributed by atoms with E-state index in [1.54, 1.807) is 14.2 Å². The molecule has 0 saturated heterocycles. The second-order valence-electron chi connectivity index (χ2n) is 4.19. The zero-order chi connectivity index (χ0) is 12.6. The molecule has 0 saturated carbocycles. The Labute approximate surface area is 100 Å². The van der Waals surface area contributed by atoms with E-state index in [9.17, 15) is 4.79 Å². The zero-order valence-electron chi connectivity index (χ0n) is 10.5. The van der Waals surface area contributed by atoms with Gasteiger partial charge in [0.1, 0.15) is 23.2 Å². The molecule has 92 valence electrons. The van der Waals surface area contributed by atoms with Crippen molar-refractivity contribution in [2.24, 2.45) is 0 Å². The first-order valence-electron chi connectivity index (χ1n) is 5.54. The summed E-state index contributed by atoms with van der Waals surface area (Å²) in [6, 6.07) is 1.89. The van der Waals surface area contributed by atoms with Gasteiger partial charge in [0.05, 0.1) is 14.2 Å². The number of methoxy groups -OCH3 is 2. The molecule has 1 aromatic carbocycles. The molecule has 0 bridgehead atoms. The SMILES string of the molecule is COc1cc2c(c(OC)c1C)C(=O)OC(C)C2. The zero-order valence-corrected chi connectivity index (χ0v) is 10.5. The minimum atomic E-state index is -0.318. The minimum Gasteiger partial charge on any atom is -0.496 e. The molecule has 1 atom stereocenters. The number of hydrogen-bond donors (Lipinski definition) is 0. The maximum absolute atomic E-state index is 11.9. The lowest BCUT2D eigenvalue weighted by molar-refractivity contribution is 0.0296. The van der Waals surface area contributed by atoms with Crippen molar-refractivity contribution in [1.82, 2.24) is 0 Å². The molecule has 0 amide bonds. The van der Waals surface area contributed by atoms with Crippen LogP contribution >= 0.6 is 0 Å². The van der Waals surface area contributed by atoms with Crippen molar-refractivity contribution < 1.29 is 19.0 Å². The maximum atomic E-state index is 11.9. The van der Waals surface area contributed by atoms with Crippen LogP contribution in [0.2, 0.25) is 0 Å². The van der Waals surface area contributed by atoms with Crippen LogP contribution in [0.3, 0.4) is 0 Å². The number of esters is 1. The van der Waals surface area contributed by atoms with Gasteiger partial charge in [-0.2, -0.15) is 0 Å². The van der Waals surface area contributed by atoms with E-state index in [0.717, 1.165) is 16.9 Å². The highest BCUT2D eigenvalue weighted by atomic mass is 16.5. The Balaban J connectivity index is 2.66. The lowest BCUT2D eigenvalue weighted by Crippen LogP contribution is -2.26. The summed E-state index contributed by atoms with van der Waals surface area (Å²) < 4.78 is 15.8. The summed E-state index contributed by atoms with van der Waals surface area (Å²) in [7, 11) is 3.16. The van der Waals surface area contributed by atoms with Crippen LogP contribution in [0.4, 0.5) is 0 Å². The molecule has 1 aliphatic rings. The van der Waals surface area contributed by atoms with E-state index in [0.29, 0.717) is 17.7 Å². The van der Waals surface area contributed by atoms with E-state index in [2.05, 4.69) is 0 Å². The van der Waals surface area contributed by atoms with Crippen molar-refractivity contribution in [3.63, 3.8) is 0 Å². The Morgan fingerprint density at radius 2 is 2.06 bits per heavy atom. The second kappa shape index (κ2) is 4.28. The first-order chi connectivity index (χ1) is 8.08. The largest absolute Gasteiger partial charge is 0.496 e. The van der Waals surface area contributed by atoms with Gasteiger partial charge in [0.2, 0.25) is 0 Å². The first-order valence-corrected chi connectivity index (χ1v) is 5.54. The predicted octanol–water partition coefficient (Wildman–Crippen LogP) is 2.11. The molecule has 4 heteroatoms. The highest BCUT2D eigenvalue weighted by Gasteiger charge is 2.29. The summed E-state index contributed by atoms with van der Waals surface area (Å²) in [6.45, 7) is 3.74. The van der Waals surface area contributed by atoms with Crippen LogP contribution in [0.25, 0.3) is 0 Å². The minimum absolute atomic E-state index is 0.105. The lowest BCUT2D eigenvalue weighted by Gasteiger charge is -2.25. The van der Waals surface area contributed by atoms with Crippen LogP contribution in [-0.4, -0.2) is 26.3 Å². The Hall–Kier alpha value is -1.71. The number of cyclic esters (lactones) is 1. The molecule has 17 heavy (non-hydrogen) atoms. The molecular weight excluding hydrogens is 220 g/mol. The summed E-state index contributed by atoms with van der Waals surface area (Å²) in [5, 5.41) is 0. The molecule has 0 aliphatic carbocycles. The molecule has 0 spiro atoms. The van der Waals surface area contributed by atoms with Crippen molar-refractivity contribution in [2.45, 2.75) is 26.4 Å². The molecule has 1 aliphatic heterocycles. The smallest absolute Gasteiger partial charge is 0.342 e. The maximum Gasteiger partial charge on any atom is 0.342 e. The second-order valence-corrected chi connectivity index (χ2v) is 4.19. The lowest BCUT2D eigenvalue weighted by atomic mass is 9.95. The van der Waals surface area contributed by atoms with Gasteiger partial charge in [0.15, 0.2) is 0 Å². The van der Waals surface area contributed by atoms with Gasteiger partial charge in [-0.1, -0.05) is 0 Å². The topological polar surface area (TPSA) is 44.8 Å². The predicted molar refractivity (Wildman–Crippen MR) is 62.9 cm³/mol. The molecule has 0 fully saturated rings. The summed E-state index contributed by atoms with van der Waals surface area (Å²) in [5.74, 6) is 0.972. The average Bonchev–Trinajstić information content (AvgIpc) is 2.29. The number of carbonyl (C=O) groups excluding carboxylic acids is 1. The monoisotopic (exact) mass is 236 g/mol. The summed E-state index contributed by atoms with van der Waals surface area (Å²) in [6.07, 6.45) is 0.584. The van der Waals surface area contributed by atoms with Gasteiger partial charge in [-0.3, -0.25) is 0 Å². The van der Waals surface area contributed by atoms with Crippen molar-refractivity contribution in [1.29, 1.82) is 0 Å². The number of carbonyl (C=O) groups is 1. The van der Waals surface area contributed by atoms with Gasteiger partial charge in [-0.15, -0.1) is 0 Å². The number of hydrogen-bond acceptors (Lipinski definition) is 4. The van der Waals surface area contributed by atoms with Gasteiger partial charge in [-0.25, -0.2) is 4.79 Å². The summed E-state index contributed by atoms with van der Waals surface area (Å²) in [5.41, 5.74) is 2.28. The Kier molecular flexibility index (Phi) is 2.96. The normalized spacial score (nSPS) is 18.4. The van der Waals surface area contributed by atoms with Gasteiger partial charge in [-0.05, 0) is 25.5 Å². The third-order valence-corrected chi connectivity index (χ3v) is 3.01. The van der Waals surface area contributed by atoms with Gasteiger partial charge < -0.3 is 14.2 Å². The molecule has 0 radical (unpaired) electrons. The van der Waals surface area contributed by atoms with Crippen LogP contribution in [0.15, 0.2) is 6.07 Å². The van der Waals surface area contributed by atoms with E-state index >= 15 is 0 Å². The molecule has 4 nitrogen and oxygen atoms in total. The van der Waals surface area contributed by atoms with E-state index in [1.165, 1.54) is 0 Å². The Bertz CT molecular complexity index is 465. The fourth-order valence-corrected chi connectivity index (χ4v) is 2.23. The molecule has 0 N–H and O–H groups in total. The third-order valence-electron chi connectivity index (χ3n) is 3.01. The van der Waals surface area contributed by atoms with Crippen LogP contribution in [0.5, 0.6) is 11.5 Å². The van der Waals surface area contributed by atoms with E-state index < -0.39 is 0 Å². The standard InChI is InChI=1S/C13H16O4/c1-7-5-9-6-10(15-3)8(2)12(16-4)11(9)13(14)17-7/h6-7H,5H2,1-4H3. The van der Waals surface area contributed by atoms with Crippen molar-refractivity contribution in [3.8, 4) is 11.5 Å². The average molecular weight is 236 g/mol. The fourth-order valence-electron chi connectivity index (χ4n) is 2.23. The molecule has 1 unspecified atom stereocenters. The number of benzene rings is 1. The number of fused-ring (bicyclic) bond motifs is 1. The van der Waals surface area contributed by atoms with Gasteiger partial charge in [0, 0.05) is 12.0 Å². The van der Waals surface area contributed by atoms with Gasteiger partial charge in [0.25, 0.3) is 0 Å². The van der Waals surface area contributed by atoms with E-state index in [-0.39, 0.29) is 12.1 Å². The van der Waals surface area contributed by atoms with Crippen LogP contribution in [0, 0.1) is 6.92 Å². The fraction of sp³-hybridized carbons (Fsp3) is 0.462. The molecule has 0 aromatic heterocycles. The van der Waals surface area contributed by atoms with E-state index in [4.69, 9.17) is 14.2 Å². The molecule has 1 aromatic rings. The van der Waals surface area contributed by atoms with Gasteiger partial charge >= 0.3 is 5.97 Å². The highest BCUT2D eigenvalue weighted by Crippen LogP contribution is 2.37. The number of rotatable bonds is 2. The van der Waals surface area contributed by atoms with Crippen molar-refractivity contribution in [3.05, 3.63) is 22.8 Å². The highest BCUT2D eigenvalue weighted by molar-refractivity contribution is 5.96. The number of ether oxygens (including phenoxy) is 3. The summed E-state index contributed by atoms with van der Waals surface area (Å²) >= 11 is 0. The summed E-state index contributed by atoms with van der Waals surface area (Å²) in [4.78, 5) is 11.9. The van der Waals surface area contributed by atoms with Crippen LogP contribution in [-0.2, 0) is 11.2 Å². The Morgan fingerprint density at radius 3 is 2.65 bits per heavy atom. The third kappa shape index (κ3) is 1.84.